The van der Waals surface area contributed by atoms with E-state index in [4.69, 9.17) is 4.74 Å². The van der Waals surface area contributed by atoms with E-state index >= 15 is 0 Å². The van der Waals surface area contributed by atoms with Gasteiger partial charge in [-0.15, -0.1) is 0 Å². The van der Waals surface area contributed by atoms with Crippen LogP contribution in [0.2, 0.25) is 0 Å². The van der Waals surface area contributed by atoms with Gasteiger partial charge < -0.3 is 4.74 Å². The summed E-state index contributed by atoms with van der Waals surface area (Å²) in [5.41, 5.74) is 1.32. The monoisotopic (exact) mass is 368 g/mol. The van der Waals surface area contributed by atoms with Gasteiger partial charge in [0.2, 0.25) is 5.76 Å². The summed E-state index contributed by atoms with van der Waals surface area (Å²) in [5, 5.41) is 1.62. The highest BCUT2D eigenvalue weighted by atomic mass is 19.4. The van der Waals surface area contributed by atoms with Crippen molar-refractivity contribution in [3.05, 3.63) is 95.8 Å². The first-order valence-electron chi connectivity index (χ1n) is 8.66. The number of fused-ring (bicyclic) bond motifs is 1. The Kier molecular flexibility index (Phi) is 5.65. The summed E-state index contributed by atoms with van der Waals surface area (Å²) in [5.74, 6) is -0.978. The van der Waals surface area contributed by atoms with E-state index in [1.807, 2.05) is 60.7 Å². The molecule has 3 aromatic rings. The van der Waals surface area contributed by atoms with Gasteiger partial charge >= 0.3 is 6.18 Å². The van der Waals surface area contributed by atoms with Crippen molar-refractivity contribution in [1.29, 1.82) is 0 Å². The Balaban J connectivity index is 2.25. The molecular weight excluding hydrogens is 349 g/mol. The largest absolute Gasteiger partial charge is 0.489 e. The third-order valence-corrected chi connectivity index (χ3v) is 4.11. The predicted molar refractivity (Wildman–Crippen MR) is 104 cm³/mol. The molecule has 0 spiro atoms. The molecule has 1 nitrogen and oxygen atoms in total. The molecule has 0 saturated heterocycles. The van der Waals surface area contributed by atoms with Crippen molar-refractivity contribution in [2.45, 2.75) is 13.1 Å². The van der Waals surface area contributed by atoms with Gasteiger partial charge in [-0.25, -0.2) is 0 Å². The number of rotatable bonds is 5. The zero-order valence-corrected chi connectivity index (χ0v) is 14.8. The average molecular weight is 368 g/mol. The molecule has 0 N–H and O–H groups in total. The highest BCUT2D eigenvalue weighted by molar-refractivity contribution is 5.97. The lowest BCUT2D eigenvalue weighted by Crippen LogP contribution is -2.17. The minimum absolute atomic E-state index is 0.0185. The maximum Gasteiger partial charge on any atom is 0.449 e. The van der Waals surface area contributed by atoms with Crippen LogP contribution in [0.1, 0.15) is 18.1 Å². The Morgan fingerprint density at radius 1 is 0.889 bits per heavy atom. The molecule has 0 amide bonds. The molecule has 0 bridgehead atoms. The first-order chi connectivity index (χ1) is 13.0. The summed E-state index contributed by atoms with van der Waals surface area (Å²) in [6.45, 7) is 1.48. The standard InChI is InChI=1S/C23H19F3O/c1-2-27-22(23(24,25)26)21(16-15-17-9-4-3-5-10-17)20-14-8-12-18-11-6-7-13-19(18)20/h3-16H,2H2,1H3/b16-15+,22-21-. The number of allylic oxidation sites excluding steroid dienone is 3. The number of hydrogen-bond acceptors (Lipinski definition) is 1. The average Bonchev–Trinajstić information content (AvgIpc) is 2.67. The number of alkyl halides is 3. The molecule has 0 fully saturated rings. The van der Waals surface area contributed by atoms with Crippen molar-refractivity contribution in [1.82, 2.24) is 0 Å². The fourth-order valence-electron chi connectivity index (χ4n) is 2.95. The molecule has 0 heterocycles. The summed E-state index contributed by atoms with van der Waals surface area (Å²) in [6.07, 6.45) is -1.44. The lowest BCUT2D eigenvalue weighted by atomic mass is 9.96. The summed E-state index contributed by atoms with van der Waals surface area (Å²) < 4.78 is 46.3. The van der Waals surface area contributed by atoms with Gasteiger partial charge in [0, 0.05) is 5.57 Å². The number of benzene rings is 3. The van der Waals surface area contributed by atoms with Gasteiger partial charge in [-0.1, -0.05) is 84.9 Å². The first-order valence-corrected chi connectivity index (χ1v) is 8.66. The number of ether oxygens (including phenoxy) is 1. The topological polar surface area (TPSA) is 9.23 Å². The quantitative estimate of drug-likeness (QED) is 0.353. The molecule has 4 heteroatoms. The molecule has 0 atom stereocenters. The van der Waals surface area contributed by atoms with Gasteiger partial charge in [0.25, 0.3) is 0 Å². The van der Waals surface area contributed by atoms with E-state index in [2.05, 4.69) is 0 Å². The van der Waals surface area contributed by atoms with Crippen LogP contribution in [0, 0.1) is 0 Å². The van der Waals surface area contributed by atoms with Gasteiger partial charge in [-0.05, 0) is 28.8 Å². The van der Waals surface area contributed by atoms with E-state index in [0.29, 0.717) is 5.56 Å². The van der Waals surface area contributed by atoms with Crippen LogP contribution in [0.25, 0.3) is 22.4 Å². The van der Waals surface area contributed by atoms with Crippen LogP contribution in [0.15, 0.2) is 84.6 Å². The zero-order valence-electron chi connectivity index (χ0n) is 14.8. The maximum atomic E-state index is 13.8. The molecule has 0 aliphatic carbocycles. The molecule has 0 aromatic heterocycles. The normalized spacial score (nSPS) is 13.0. The molecule has 0 unspecified atom stereocenters. The fourth-order valence-corrected chi connectivity index (χ4v) is 2.95. The molecule has 3 aromatic carbocycles. The van der Waals surface area contributed by atoms with Crippen molar-refractivity contribution in [2.24, 2.45) is 0 Å². The van der Waals surface area contributed by atoms with Crippen molar-refractivity contribution < 1.29 is 17.9 Å². The van der Waals surface area contributed by atoms with E-state index in [-0.39, 0.29) is 12.2 Å². The Hall–Kier alpha value is -3.01. The Labute approximate surface area is 156 Å². The van der Waals surface area contributed by atoms with Gasteiger partial charge in [0.1, 0.15) is 0 Å². The van der Waals surface area contributed by atoms with Crippen LogP contribution in [-0.4, -0.2) is 12.8 Å². The molecule has 0 saturated carbocycles. The van der Waals surface area contributed by atoms with Crippen molar-refractivity contribution in [3.8, 4) is 0 Å². The van der Waals surface area contributed by atoms with Crippen LogP contribution in [0.3, 0.4) is 0 Å². The fraction of sp³-hybridized carbons (Fsp3) is 0.130. The van der Waals surface area contributed by atoms with Crippen LogP contribution in [0.5, 0.6) is 0 Å². The van der Waals surface area contributed by atoms with Crippen LogP contribution < -0.4 is 0 Å². The molecule has 0 radical (unpaired) electrons. The van der Waals surface area contributed by atoms with E-state index in [9.17, 15) is 13.2 Å². The second-order valence-corrected chi connectivity index (χ2v) is 5.94. The maximum absolute atomic E-state index is 13.8. The van der Waals surface area contributed by atoms with Gasteiger partial charge in [-0.2, -0.15) is 13.2 Å². The van der Waals surface area contributed by atoms with Gasteiger partial charge in [0.05, 0.1) is 6.61 Å². The summed E-state index contributed by atoms with van der Waals surface area (Å²) >= 11 is 0. The van der Waals surface area contributed by atoms with E-state index in [1.165, 1.54) is 6.08 Å². The van der Waals surface area contributed by atoms with Crippen molar-refractivity contribution >= 4 is 22.4 Å². The van der Waals surface area contributed by atoms with Crippen molar-refractivity contribution in [3.63, 3.8) is 0 Å². The number of hydrogen-bond donors (Lipinski definition) is 0. The minimum atomic E-state index is -4.59. The van der Waals surface area contributed by atoms with Crippen molar-refractivity contribution in [2.75, 3.05) is 6.61 Å². The predicted octanol–water partition coefficient (Wildman–Crippen LogP) is 6.86. The first kappa shape index (κ1) is 18.8. The summed E-state index contributed by atoms with van der Waals surface area (Å²) in [7, 11) is 0. The molecule has 0 aliphatic rings. The molecule has 0 aliphatic heterocycles. The lowest BCUT2D eigenvalue weighted by molar-refractivity contribution is -0.128. The van der Waals surface area contributed by atoms with Crippen LogP contribution >= 0.6 is 0 Å². The Morgan fingerprint density at radius 2 is 1.56 bits per heavy atom. The van der Waals surface area contributed by atoms with Gasteiger partial charge in [-0.3, -0.25) is 0 Å². The number of halogens is 3. The third-order valence-electron chi connectivity index (χ3n) is 4.11. The minimum Gasteiger partial charge on any atom is -0.489 e. The second-order valence-electron chi connectivity index (χ2n) is 5.94. The Bertz CT molecular complexity index is 964. The van der Waals surface area contributed by atoms with E-state index in [0.717, 1.165) is 16.3 Å². The highest BCUT2D eigenvalue weighted by Crippen LogP contribution is 2.37. The van der Waals surface area contributed by atoms with E-state index in [1.54, 1.807) is 25.1 Å². The third kappa shape index (κ3) is 4.40. The second kappa shape index (κ2) is 8.12. The molecular formula is C23H19F3O. The molecule has 138 valence electrons. The van der Waals surface area contributed by atoms with Gasteiger partial charge in [0.15, 0.2) is 0 Å². The van der Waals surface area contributed by atoms with E-state index < -0.39 is 11.9 Å². The molecule has 3 rings (SSSR count). The smallest absolute Gasteiger partial charge is 0.449 e. The SMILES string of the molecule is CCO/C(=C(/C=C/c1ccccc1)c1cccc2ccccc12)C(F)(F)F. The Morgan fingerprint density at radius 3 is 2.26 bits per heavy atom. The lowest BCUT2D eigenvalue weighted by Gasteiger charge is -2.17. The summed E-state index contributed by atoms with van der Waals surface area (Å²) in [6, 6.07) is 21.9. The highest BCUT2D eigenvalue weighted by Gasteiger charge is 2.38. The molecule has 27 heavy (non-hydrogen) atoms. The van der Waals surface area contributed by atoms with Crippen LogP contribution in [-0.2, 0) is 4.74 Å². The summed E-state index contributed by atoms with van der Waals surface area (Å²) in [4.78, 5) is 0. The van der Waals surface area contributed by atoms with Crippen LogP contribution in [0.4, 0.5) is 13.2 Å². The zero-order chi connectivity index (χ0) is 19.3.